The average molecular weight is 340 g/mol. The molecule has 1 aliphatic rings. The van der Waals surface area contributed by atoms with Gasteiger partial charge in [0.2, 0.25) is 0 Å². The maximum absolute atomic E-state index is 12.7. The smallest absolute Gasteiger partial charge is 0.324 e. The Bertz CT molecular complexity index is 361. The van der Waals surface area contributed by atoms with E-state index in [2.05, 4.69) is 32.6 Å². The molecule has 1 N–H and O–H groups in total. The van der Waals surface area contributed by atoms with Crippen molar-refractivity contribution in [2.45, 2.75) is 110 Å². The van der Waals surface area contributed by atoms with Gasteiger partial charge < -0.3 is 5.11 Å². The maximum Gasteiger partial charge on any atom is 0.324 e. The molecule has 0 saturated carbocycles. The maximum atomic E-state index is 12.7. The third-order valence-electron chi connectivity index (χ3n) is 6.32. The van der Waals surface area contributed by atoms with Gasteiger partial charge in [0, 0.05) is 5.41 Å². The molecule has 0 aliphatic carbocycles. The van der Waals surface area contributed by atoms with Crippen molar-refractivity contribution in [1.29, 1.82) is 0 Å². The van der Waals surface area contributed by atoms with Crippen LogP contribution in [0, 0.1) is 5.41 Å². The van der Waals surface area contributed by atoms with Gasteiger partial charge in [0.15, 0.2) is 0 Å². The standard InChI is InChI=1S/C21H41NO2/c1-5-9-13-20(14-10-6-2)16-18-22(17-12-8-4)21(20,19(23)24)15-11-7-3/h5-18H2,1-4H3,(H,23,24)/t21-/m1/s1. The van der Waals surface area contributed by atoms with Gasteiger partial charge in [-0.3, -0.25) is 9.69 Å². The molecule has 0 spiro atoms. The number of hydrogen-bond donors (Lipinski definition) is 1. The summed E-state index contributed by atoms with van der Waals surface area (Å²) in [6.45, 7) is 10.8. The van der Waals surface area contributed by atoms with Crippen LogP contribution in [0.15, 0.2) is 0 Å². The van der Waals surface area contributed by atoms with Gasteiger partial charge in [-0.1, -0.05) is 72.6 Å². The predicted molar refractivity (Wildman–Crippen MR) is 102 cm³/mol. The van der Waals surface area contributed by atoms with E-state index in [0.717, 1.165) is 90.1 Å². The molecule has 1 rings (SSSR count). The van der Waals surface area contributed by atoms with Crippen LogP contribution in [0.1, 0.15) is 105 Å². The third kappa shape index (κ3) is 4.33. The molecule has 0 unspecified atom stereocenters. The molecule has 1 saturated heterocycles. The summed E-state index contributed by atoms with van der Waals surface area (Å²) in [7, 11) is 0. The molecule has 1 atom stereocenters. The Morgan fingerprint density at radius 2 is 1.38 bits per heavy atom. The SMILES string of the molecule is CCCCN1CCC(CCCC)(CCCC)[C@@]1(CCCC)C(=O)O. The summed E-state index contributed by atoms with van der Waals surface area (Å²) in [5.41, 5.74) is -0.643. The van der Waals surface area contributed by atoms with E-state index in [-0.39, 0.29) is 5.41 Å². The van der Waals surface area contributed by atoms with Crippen LogP contribution in [0.4, 0.5) is 0 Å². The van der Waals surface area contributed by atoms with E-state index in [9.17, 15) is 9.90 Å². The van der Waals surface area contributed by atoms with Crippen LogP contribution < -0.4 is 0 Å². The Balaban J connectivity index is 3.24. The summed E-state index contributed by atoms with van der Waals surface area (Å²) in [5.74, 6) is -0.545. The number of hydrogen-bond acceptors (Lipinski definition) is 2. The van der Waals surface area contributed by atoms with E-state index < -0.39 is 11.5 Å². The summed E-state index contributed by atoms with van der Waals surface area (Å²) in [4.78, 5) is 15.1. The highest BCUT2D eigenvalue weighted by Crippen LogP contribution is 2.55. The first-order chi connectivity index (χ1) is 11.5. The fourth-order valence-electron chi connectivity index (χ4n) is 4.88. The van der Waals surface area contributed by atoms with Crippen molar-refractivity contribution in [1.82, 2.24) is 4.90 Å². The average Bonchev–Trinajstić information content (AvgIpc) is 2.89. The van der Waals surface area contributed by atoms with Gasteiger partial charge in [0.1, 0.15) is 5.54 Å². The molecular formula is C21H41NO2. The minimum absolute atomic E-state index is 0.0201. The highest BCUT2D eigenvalue weighted by Gasteiger charge is 2.61. The molecule has 24 heavy (non-hydrogen) atoms. The van der Waals surface area contributed by atoms with Crippen molar-refractivity contribution < 1.29 is 9.90 Å². The summed E-state index contributed by atoms with van der Waals surface area (Å²) in [6.07, 6.45) is 13.1. The van der Waals surface area contributed by atoms with Crippen LogP contribution in [0.3, 0.4) is 0 Å². The molecule has 0 aromatic heterocycles. The zero-order chi connectivity index (χ0) is 18.1. The molecule has 0 aromatic carbocycles. The first-order valence-electron chi connectivity index (χ1n) is 10.5. The summed E-state index contributed by atoms with van der Waals surface area (Å²) in [5, 5.41) is 10.5. The van der Waals surface area contributed by atoms with E-state index in [1.807, 2.05) is 0 Å². The molecule has 1 fully saturated rings. The second kappa shape index (κ2) is 10.4. The van der Waals surface area contributed by atoms with Crippen LogP contribution in [-0.4, -0.2) is 34.6 Å². The largest absolute Gasteiger partial charge is 0.480 e. The first-order valence-corrected chi connectivity index (χ1v) is 10.5. The van der Waals surface area contributed by atoms with E-state index in [1.165, 1.54) is 0 Å². The van der Waals surface area contributed by atoms with Crippen molar-refractivity contribution in [2.75, 3.05) is 13.1 Å². The second-order valence-electron chi connectivity index (χ2n) is 7.85. The van der Waals surface area contributed by atoms with Gasteiger partial charge in [-0.05, 0) is 45.2 Å². The van der Waals surface area contributed by atoms with Crippen LogP contribution in [-0.2, 0) is 4.79 Å². The normalized spacial score (nSPS) is 23.7. The van der Waals surface area contributed by atoms with Gasteiger partial charge in [-0.15, -0.1) is 0 Å². The Morgan fingerprint density at radius 3 is 1.83 bits per heavy atom. The monoisotopic (exact) mass is 339 g/mol. The number of carboxylic acid groups (broad SMARTS) is 1. The number of carboxylic acids is 1. The molecule has 1 aliphatic heterocycles. The predicted octanol–water partition coefficient (Wildman–Crippen LogP) is 5.87. The first kappa shape index (κ1) is 21.5. The molecule has 0 bridgehead atoms. The number of aliphatic carboxylic acids is 1. The lowest BCUT2D eigenvalue weighted by molar-refractivity contribution is -0.159. The number of likely N-dealkylation sites (tertiary alicyclic amines) is 1. The van der Waals surface area contributed by atoms with Crippen LogP contribution >= 0.6 is 0 Å². The van der Waals surface area contributed by atoms with Crippen LogP contribution in [0.5, 0.6) is 0 Å². The molecular weight excluding hydrogens is 298 g/mol. The topological polar surface area (TPSA) is 40.5 Å². The molecule has 1 heterocycles. The Morgan fingerprint density at radius 1 is 0.875 bits per heavy atom. The fraction of sp³-hybridized carbons (Fsp3) is 0.952. The number of unbranched alkanes of at least 4 members (excludes halogenated alkanes) is 4. The molecule has 0 radical (unpaired) electrons. The van der Waals surface area contributed by atoms with Gasteiger partial charge in [0.05, 0.1) is 0 Å². The minimum atomic E-state index is -0.622. The zero-order valence-electron chi connectivity index (χ0n) is 16.7. The molecule has 0 amide bonds. The summed E-state index contributed by atoms with van der Waals surface area (Å²) >= 11 is 0. The summed E-state index contributed by atoms with van der Waals surface area (Å²) < 4.78 is 0. The summed E-state index contributed by atoms with van der Waals surface area (Å²) in [6, 6.07) is 0. The van der Waals surface area contributed by atoms with Gasteiger partial charge in [-0.25, -0.2) is 0 Å². The molecule has 142 valence electrons. The van der Waals surface area contributed by atoms with E-state index in [4.69, 9.17) is 0 Å². The van der Waals surface area contributed by atoms with Gasteiger partial charge >= 0.3 is 5.97 Å². The highest BCUT2D eigenvalue weighted by atomic mass is 16.4. The quantitative estimate of drug-likeness (QED) is 0.456. The van der Waals surface area contributed by atoms with Crippen molar-refractivity contribution in [3.05, 3.63) is 0 Å². The van der Waals surface area contributed by atoms with E-state index in [0.29, 0.717) is 0 Å². The van der Waals surface area contributed by atoms with Crippen LogP contribution in [0.25, 0.3) is 0 Å². The van der Waals surface area contributed by atoms with E-state index in [1.54, 1.807) is 0 Å². The second-order valence-corrected chi connectivity index (χ2v) is 7.85. The van der Waals surface area contributed by atoms with Crippen molar-refractivity contribution in [2.24, 2.45) is 5.41 Å². The lowest BCUT2D eigenvalue weighted by atomic mass is 9.62. The van der Waals surface area contributed by atoms with Gasteiger partial charge in [-0.2, -0.15) is 0 Å². The lowest BCUT2D eigenvalue weighted by Gasteiger charge is -2.48. The van der Waals surface area contributed by atoms with Gasteiger partial charge in [0.25, 0.3) is 0 Å². The molecule has 3 nitrogen and oxygen atoms in total. The highest BCUT2D eigenvalue weighted by molar-refractivity contribution is 5.81. The number of carbonyl (C=O) groups is 1. The Kier molecular flexibility index (Phi) is 9.33. The third-order valence-corrected chi connectivity index (χ3v) is 6.32. The Labute approximate surface area is 150 Å². The molecule has 0 aromatic rings. The molecule has 3 heteroatoms. The van der Waals surface area contributed by atoms with E-state index >= 15 is 0 Å². The van der Waals surface area contributed by atoms with Crippen molar-refractivity contribution in [3.8, 4) is 0 Å². The van der Waals surface area contributed by atoms with Crippen LogP contribution in [0.2, 0.25) is 0 Å². The minimum Gasteiger partial charge on any atom is -0.480 e. The zero-order valence-corrected chi connectivity index (χ0v) is 16.7. The van der Waals surface area contributed by atoms with Crippen molar-refractivity contribution >= 4 is 5.97 Å². The Hall–Kier alpha value is -0.570. The van der Waals surface area contributed by atoms with Crippen molar-refractivity contribution in [3.63, 3.8) is 0 Å². The lowest BCUT2D eigenvalue weighted by Crippen LogP contribution is -2.59. The number of nitrogens with zero attached hydrogens (tertiary/aromatic N) is 1. The fourth-order valence-corrected chi connectivity index (χ4v) is 4.88. The number of rotatable bonds is 13.